The first-order chi connectivity index (χ1) is 13.8. The van der Waals surface area contributed by atoms with Crippen LogP contribution in [0.3, 0.4) is 0 Å². The molecule has 3 rings (SSSR count). The van der Waals surface area contributed by atoms with Gasteiger partial charge in [0.15, 0.2) is 0 Å². The Bertz CT molecular complexity index is 1080. The monoisotopic (exact) mass is 418 g/mol. The minimum atomic E-state index is -4.40. The fourth-order valence-electron chi connectivity index (χ4n) is 2.36. The van der Waals surface area contributed by atoms with Crippen LogP contribution in [0, 0.1) is 0 Å². The van der Waals surface area contributed by atoms with E-state index in [1.54, 1.807) is 6.07 Å². The van der Waals surface area contributed by atoms with Gasteiger partial charge in [-0.15, -0.1) is 5.06 Å². The lowest BCUT2D eigenvalue weighted by Crippen LogP contribution is -2.32. The Morgan fingerprint density at radius 3 is 2.48 bits per heavy atom. The molecule has 0 radical (unpaired) electrons. The molecule has 1 aromatic heterocycles. The zero-order valence-electron chi connectivity index (χ0n) is 14.7. The van der Waals surface area contributed by atoms with E-state index in [9.17, 15) is 27.4 Å². The van der Waals surface area contributed by atoms with Gasteiger partial charge in [-0.2, -0.15) is 13.5 Å². The second-order valence-electron chi connectivity index (χ2n) is 5.78. The number of anilines is 1. The molecule has 0 bridgehead atoms. The molecule has 1 aliphatic rings. The summed E-state index contributed by atoms with van der Waals surface area (Å²) >= 11 is 0. The fourth-order valence-corrected chi connectivity index (χ4v) is 3.03. The van der Waals surface area contributed by atoms with Crippen LogP contribution in [0.2, 0.25) is 0 Å². The lowest BCUT2D eigenvalue weighted by Gasteiger charge is -2.12. The van der Waals surface area contributed by atoms with Crippen LogP contribution in [0.1, 0.15) is 28.8 Å². The highest BCUT2D eigenvalue weighted by Gasteiger charge is 2.33. The molecule has 1 aliphatic heterocycles. The van der Waals surface area contributed by atoms with Crippen molar-refractivity contribution in [3.63, 3.8) is 0 Å². The van der Waals surface area contributed by atoms with Crippen molar-refractivity contribution < 1.29 is 32.2 Å². The molecule has 29 heavy (non-hydrogen) atoms. The molecule has 1 aromatic carbocycles. The number of hydrogen-bond donors (Lipinski definition) is 2. The van der Waals surface area contributed by atoms with Crippen molar-refractivity contribution >= 4 is 39.9 Å². The van der Waals surface area contributed by atoms with E-state index in [0.29, 0.717) is 5.06 Å². The van der Waals surface area contributed by atoms with Gasteiger partial charge < -0.3 is 4.84 Å². The number of nitrogens with one attached hydrogen (secondary N) is 1. The predicted octanol–water partition coefficient (Wildman–Crippen LogP) is 0.995. The van der Waals surface area contributed by atoms with E-state index < -0.39 is 27.9 Å². The van der Waals surface area contributed by atoms with E-state index in [-0.39, 0.29) is 34.7 Å². The van der Waals surface area contributed by atoms with Gasteiger partial charge in [-0.1, -0.05) is 18.2 Å². The number of nitrogens with zero attached hydrogens (tertiary/aromatic N) is 3. The van der Waals surface area contributed by atoms with Crippen molar-refractivity contribution in [2.75, 3.05) is 5.43 Å². The SMILES string of the molecule is O=C(ON1C(=O)CCC1=O)c1ccc(NN=Cc2ccccc2S(=O)(=O)O)nc1. The number of imide groups is 1. The number of aromatic nitrogens is 1. The van der Waals surface area contributed by atoms with E-state index >= 15 is 0 Å². The third-order valence-corrected chi connectivity index (χ3v) is 4.69. The molecular formula is C17H14N4O7S. The zero-order chi connectivity index (χ0) is 21.0. The lowest BCUT2D eigenvalue weighted by molar-refractivity contribution is -0.172. The van der Waals surface area contributed by atoms with Crippen LogP contribution in [0.4, 0.5) is 5.82 Å². The number of hydrogen-bond acceptors (Lipinski definition) is 9. The van der Waals surface area contributed by atoms with E-state index in [1.807, 2.05) is 0 Å². The molecule has 2 N–H and O–H groups in total. The van der Waals surface area contributed by atoms with Crippen molar-refractivity contribution in [2.45, 2.75) is 17.7 Å². The molecule has 2 aromatic rings. The standard InChI is InChI=1S/C17H14N4O7S/c22-15-7-8-16(23)21(15)28-17(24)12-5-6-14(18-9-12)20-19-10-11-3-1-2-4-13(11)29(25,26)27/h1-6,9-10H,7-8H2,(H,18,20)(H,25,26,27). The molecule has 12 heteroatoms. The summed E-state index contributed by atoms with van der Waals surface area (Å²) in [4.78, 5) is 43.3. The van der Waals surface area contributed by atoms with Crippen molar-refractivity contribution in [3.8, 4) is 0 Å². The van der Waals surface area contributed by atoms with E-state index in [1.165, 1.54) is 36.5 Å². The van der Waals surface area contributed by atoms with Crippen molar-refractivity contribution in [3.05, 3.63) is 53.7 Å². The van der Waals surface area contributed by atoms with Crippen LogP contribution in [-0.2, 0) is 24.5 Å². The van der Waals surface area contributed by atoms with Gasteiger partial charge in [0.05, 0.1) is 11.8 Å². The van der Waals surface area contributed by atoms with Gasteiger partial charge in [-0.05, 0) is 18.2 Å². The average molecular weight is 418 g/mol. The summed E-state index contributed by atoms with van der Waals surface area (Å²) < 4.78 is 31.8. The Labute approximate surface area is 164 Å². The number of pyridine rings is 1. The van der Waals surface area contributed by atoms with Crippen LogP contribution >= 0.6 is 0 Å². The highest BCUT2D eigenvalue weighted by atomic mass is 32.2. The molecule has 11 nitrogen and oxygen atoms in total. The van der Waals surface area contributed by atoms with E-state index in [2.05, 4.69) is 15.5 Å². The third kappa shape index (κ3) is 4.80. The van der Waals surface area contributed by atoms with Gasteiger partial charge in [0.2, 0.25) is 0 Å². The van der Waals surface area contributed by atoms with Gasteiger partial charge in [0.25, 0.3) is 21.9 Å². The molecule has 150 valence electrons. The Morgan fingerprint density at radius 1 is 1.17 bits per heavy atom. The molecule has 0 spiro atoms. The molecular weight excluding hydrogens is 404 g/mol. The van der Waals surface area contributed by atoms with Crippen LogP contribution < -0.4 is 5.43 Å². The zero-order valence-corrected chi connectivity index (χ0v) is 15.5. The Kier molecular flexibility index (Phi) is 5.66. The molecule has 1 saturated heterocycles. The molecule has 0 atom stereocenters. The number of benzene rings is 1. The quantitative estimate of drug-likeness (QED) is 0.302. The summed E-state index contributed by atoms with van der Waals surface area (Å²) in [6.45, 7) is 0. The number of rotatable bonds is 6. The van der Waals surface area contributed by atoms with E-state index in [0.717, 1.165) is 6.20 Å². The van der Waals surface area contributed by atoms with Crippen molar-refractivity contribution in [1.82, 2.24) is 10.0 Å². The number of hydroxylamine groups is 2. The maximum absolute atomic E-state index is 12.0. The summed E-state index contributed by atoms with van der Waals surface area (Å²) in [5.41, 5.74) is 2.69. The maximum atomic E-state index is 12.0. The highest BCUT2D eigenvalue weighted by Crippen LogP contribution is 2.15. The summed E-state index contributed by atoms with van der Waals surface area (Å²) in [6.07, 6.45) is 2.31. The van der Waals surface area contributed by atoms with Crippen LogP contribution in [0.25, 0.3) is 0 Å². The van der Waals surface area contributed by atoms with Crippen LogP contribution in [0.15, 0.2) is 52.6 Å². The topological polar surface area (TPSA) is 155 Å². The average Bonchev–Trinajstić information content (AvgIpc) is 3.00. The van der Waals surface area contributed by atoms with Gasteiger partial charge in [-0.25, -0.2) is 9.78 Å². The second-order valence-corrected chi connectivity index (χ2v) is 7.17. The first-order valence-electron chi connectivity index (χ1n) is 8.15. The van der Waals surface area contributed by atoms with Gasteiger partial charge in [0, 0.05) is 24.6 Å². The van der Waals surface area contributed by atoms with Crippen LogP contribution in [-0.4, -0.2) is 47.0 Å². The summed E-state index contributed by atoms with van der Waals surface area (Å²) in [7, 11) is -4.40. The smallest absolute Gasteiger partial charge is 0.325 e. The minimum absolute atomic E-state index is 0.00347. The lowest BCUT2D eigenvalue weighted by atomic mass is 10.2. The number of carbonyl (C=O) groups excluding carboxylic acids is 3. The molecule has 2 heterocycles. The normalized spacial score (nSPS) is 14.4. The van der Waals surface area contributed by atoms with E-state index in [4.69, 9.17) is 4.84 Å². The van der Waals surface area contributed by atoms with Gasteiger partial charge in [0.1, 0.15) is 10.7 Å². The third-order valence-electron chi connectivity index (χ3n) is 3.76. The summed E-state index contributed by atoms with van der Waals surface area (Å²) in [5, 5.41) is 4.27. The minimum Gasteiger partial charge on any atom is -0.325 e. The molecule has 1 fully saturated rings. The molecule has 2 amide bonds. The van der Waals surface area contributed by atoms with Crippen molar-refractivity contribution in [2.24, 2.45) is 5.10 Å². The number of amides is 2. The van der Waals surface area contributed by atoms with Crippen molar-refractivity contribution in [1.29, 1.82) is 0 Å². The van der Waals surface area contributed by atoms with Crippen LogP contribution in [0.5, 0.6) is 0 Å². The molecule has 0 saturated carbocycles. The maximum Gasteiger partial charge on any atom is 0.365 e. The summed E-state index contributed by atoms with van der Waals surface area (Å²) in [6, 6.07) is 8.43. The second kappa shape index (κ2) is 8.16. The molecule has 0 unspecified atom stereocenters. The summed E-state index contributed by atoms with van der Waals surface area (Å²) in [5.74, 6) is -1.88. The predicted molar refractivity (Wildman–Crippen MR) is 98.2 cm³/mol. The Hall–Kier alpha value is -3.64. The fraction of sp³-hybridized carbons (Fsp3) is 0.118. The Morgan fingerprint density at radius 2 is 1.86 bits per heavy atom. The van der Waals surface area contributed by atoms with Gasteiger partial charge in [-0.3, -0.25) is 19.6 Å². The molecule has 0 aliphatic carbocycles. The number of carbonyl (C=O) groups is 3. The Balaban J connectivity index is 1.64. The highest BCUT2D eigenvalue weighted by molar-refractivity contribution is 7.86. The number of hydrazone groups is 1. The van der Waals surface area contributed by atoms with Gasteiger partial charge >= 0.3 is 5.97 Å². The first kappa shape index (κ1) is 20.1. The first-order valence-corrected chi connectivity index (χ1v) is 9.59. The largest absolute Gasteiger partial charge is 0.365 e.